The molecule has 0 atom stereocenters. The van der Waals surface area contributed by atoms with E-state index in [1.54, 1.807) is 39.8 Å². The number of likely N-dealkylation sites (N-methyl/N-ethyl adjacent to an activating group) is 1. The van der Waals surface area contributed by atoms with Gasteiger partial charge in [-0.1, -0.05) is 6.07 Å². The number of nitrogens with one attached hydrogen (secondary N) is 1. The zero-order chi connectivity index (χ0) is 22.3. The maximum absolute atomic E-state index is 13.1. The van der Waals surface area contributed by atoms with Gasteiger partial charge in [-0.15, -0.1) is 0 Å². The average molecular weight is 416 g/mol. The number of halogens is 1. The summed E-state index contributed by atoms with van der Waals surface area (Å²) in [4.78, 5) is 38.0. The van der Waals surface area contributed by atoms with Crippen LogP contribution in [0.4, 0.5) is 20.6 Å². The van der Waals surface area contributed by atoms with Crippen molar-refractivity contribution in [3.63, 3.8) is 0 Å². The van der Waals surface area contributed by atoms with Gasteiger partial charge in [0.1, 0.15) is 11.4 Å². The molecule has 30 heavy (non-hydrogen) atoms. The highest BCUT2D eigenvalue weighted by molar-refractivity contribution is 5.97. The maximum Gasteiger partial charge on any atom is 0.412 e. The Morgan fingerprint density at radius 3 is 2.33 bits per heavy atom. The molecule has 0 saturated carbocycles. The number of hydrogen-bond acceptors (Lipinski definition) is 5. The van der Waals surface area contributed by atoms with Crippen LogP contribution in [-0.2, 0) is 14.3 Å². The van der Waals surface area contributed by atoms with Gasteiger partial charge in [-0.25, -0.2) is 14.0 Å². The monoisotopic (exact) mass is 416 g/mol. The van der Waals surface area contributed by atoms with Crippen molar-refractivity contribution < 1.29 is 28.2 Å². The normalized spacial score (nSPS) is 10.8. The van der Waals surface area contributed by atoms with Crippen molar-refractivity contribution in [1.82, 2.24) is 0 Å². The number of nitrogens with zero attached hydrogens (tertiary/aromatic N) is 1. The third-order valence-corrected chi connectivity index (χ3v) is 3.83. The molecule has 0 spiro atoms. The quantitative estimate of drug-likeness (QED) is 0.707. The van der Waals surface area contributed by atoms with Crippen LogP contribution < -0.4 is 10.2 Å². The number of benzene rings is 2. The molecule has 160 valence electrons. The van der Waals surface area contributed by atoms with E-state index in [1.807, 2.05) is 0 Å². The number of rotatable bonds is 6. The second-order valence-corrected chi connectivity index (χ2v) is 7.40. The van der Waals surface area contributed by atoms with E-state index in [9.17, 15) is 18.8 Å². The summed E-state index contributed by atoms with van der Waals surface area (Å²) in [6.07, 6.45) is -0.652. The van der Waals surface area contributed by atoms with E-state index in [4.69, 9.17) is 9.47 Å². The SMILES string of the molecule is CCN(C(=O)COC(=O)c1cccc(NC(=O)OC(C)(C)C)c1)c1ccc(F)cc1. The predicted molar refractivity (Wildman–Crippen MR) is 111 cm³/mol. The van der Waals surface area contributed by atoms with Crippen molar-refractivity contribution in [1.29, 1.82) is 0 Å². The Labute approximate surface area is 174 Å². The molecule has 2 rings (SSSR count). The van der Waals surface area contributed by atoms with Crippen LogP contribution in [0.2, 0.25) is 0 Å². The Kier molecular flexibility index (Phi) is 7.52. The summed E-state index contributed by atoms with van der Waals surface area (Å²) in [5.74, 6) is -1.57. The maximum atomic E-state index is 13.1. The van der Waals surface area contributed by atoms with Crippen LogP contribution in [0.1, 0.15) is 38.1 Å². The van der Waals surface area contributed by atoms with Gasteiger partial charge in [0.2, 0.25) is 0 Å². The van der Waals surface area contributed by atoms with Crippen LogP contribution in [0.3, 0.4) is 0 Å². The lowest BCUT2D eigenvalue weighted by atomic mass is 10.2. The fourth-order valence-electron chi connectivity index (χ4n) is 2.56. The van der Waals surface area contributed by atoms with Crippen molar-refractivity contribution in [2.75, 3.05) is 23.4 Å². The highest BCUT2D eigenvalue weighted by Crippen LogP contribution is 2.16. The number of ether oxygens (including phenoxy) is 2. The van der Waals surface area contributed by atoms with Crippen molar-refractivity contribution in [3.8, 4) is 0 Å². The number of esters is 1. The molecule has 2 aromatic rings. The third-order valence-electron chi connectivity index (χ3n) is 3.83. The molecular weight excluding hydrogens is 391 g/mol. The van der Waals surface area contributed by atoms with Gasteiger partial charge in [0, 0.05) is 17.9 Å². The first-order valence-corrected chi connectivity index (χ1v) is 9.42. The highest BCUT2D eigenvalue weighted by atomic mass is 19.1. The molecule has 0 saturated heterocycles. The van der Waals surface area contributed by atoms with Crippen LogP contribution in [0.25, 0.3) is 0 Å². The number of anilines is 2. The molecule has 0 aliphatic carbocycles. The first-order valence-electron chi connectivity index (χ1n) is 9.42. The summed E-state index contributed by atoms with van der Waals surface area (Å²) in [5, 5.41) is 2.54. The molecule has 0 heterocycles. The Hall–Kier alpha value is -3.42. The Bertz CT molecular complexity index is 906. The first-order chi connectivity index (χ1) is 14.1. The summed E-state index contributed by atoms with van der Waals surface area (Å²) >= 11 is 0. The van der Waals surface area contributed by atoms with Crippen molar-refractivity contribution in [3.05, 3.63) is 59.9 Å². The van der Waals surface area contributed by atoms with Gasteiger partial charge >= 0.3 is 12.1 Å². The lowest BCUT2D eigenvalue weighted by molar-refractivity contribution is -0.121. The molecule has 0 bridgehead atoms. The lowest BCUT2D eigenvalue weighted by Gasteiger charge is -2.21. The molecule has 0 unspecified atom stereocenters. The number of carbonyl (C=O) groups excluding carboxylic acids is 3. The van der Waals surface area contributed by atoms with E-state index in [1.165, 1.54) is 41.3 Å². The predicted octanol–water partition coefficient (Wildman–Crippen LogP) is 4.38. The van der Waals surface area contributed by atoms with E-state index in [0.717, 1.165) is 0 Å². The minimum Gasteiger partial charge on any atom is -0.452 e. The van der Waals surface area contributed by atoms with Crippen molar-refractivity contribution in [2.24, 2.45) is 0 Å². The van der Waals surface area contributed by atoms with Gasteiger partial charge in [-0.3, -0.25) is 10.1 Å². The molecule has 2 aromatic carbocycles. The summed E-state index contributed by atoms with van der Waals surface area (Å²) in [7, 11) is 0. The zero-order valence-electron chi connectivity index (χ0n) is 17.4. The largest absolute Gasteiger partial charge is 0.452 e. The van der Waals surface area contributed by atoms with E-state index in [2.05, 4.69) is 5.32 Å². The number of hydrogen-bond donors (Lipinski definition) is 1. The van der Waals surface area contributed by atoms with E-state index < -0.39 is 36.0 Å². The van der Waals surface area contributed by atoms with Crippen LogP contribution in [-0.4, -0.2) is 36.7 Å². The molecule has 0 fully saturated rings. The van der Waals surface area contributed by atoms with E-state index >= 15 is 0 Å². The molecular formula is C22H25FN2O5. The smallest absolute Gasteiger partial charge is 0.412 e. The van der Waals surface area contributed by atoms with Crippen LogP contribution in [0.5, 0.6) is 0 Å². The Morgan fingerprint density at radius 1 is 1.07 bits per heavy atom. The molecule has 7 nitrogen and oxygen atoms in total. The molecule has 0 aliphatic rings. The van der Waals surface area contributed by atoms with Gasteiger partial charge in [-0.2, -0.15) is 0 Å². The fraction of sp³-hybridized carbons (Fsp3) is 0.318. The summed E-state index contributed by atoms with van der Waals surface area (Å²) in [6.45, 7) is 6.83. The highest BCUT2D eigenvalue weighted by Gasteiger charge is 2.19. The molecule has 2 amide bonds. The van der Waals surface area contributed by atoms with Gasteiger partial charge < -0.3 is 14.4 Å². The van der Waals surface area contributed by atoms with E-state index in [0.29, 0.717) is 17.9 Å². The zero-order valence-corrected chi connectivity index (χ0v) is 17.4. The van der Waals surface area contributed by atoms with Crippen LogP contribution in [0.15, 0.2) is 48.5 Å². The average Bonchev–Trinajstić information content (AvgIpc) is 2.66. The van der Waals surface area contributed by atoms with Crippen LogP contribution in [0, 0.1) is 5.82 Å². The van der Waals surface area contributed by atoms with Gasteiger partial charge in [-0.05, 0) is 70.2 Å². The Morgan fingerprint density at radius 2 is 1.73 bits per heavy atom. The standard InChI is InChI=1S/C22H25FN2O5/c1-5-25(18-11-9-16(23)10-12-18)19(26)14-29-20(27)15-7-6-8-17(13-15)24-21(28)30-22(2,3)4/h6-13H,5,14H2,1-4H3,(H,24,28). The molecule has 0 aromatic heterocycles. The molecule has 0 aliphatic heterocycles. The number of carbonyl (C=O) groups is 3. The lowest BCUT2D eigenvalue weighted by Crippen LogP contribution is -2.34. The van der Waals surface area contributed by atoms with Crippen LogP contribution >= 0.6 is 0 Å². The minimum atomic E-state index is -0.716. The minimum absolute atomic E-state index is 0.168. The fourth-order valence-corrected chi connectivity index (χ4v) is 2.56. The summed E-state index contributed by atoms with van der Waals surface area (Å²) in [6, 6.07) is 11.6. The van der Waals surface area contributed by atoms with Gasteiger partial charge in [0.25, 0.3) is 5.91 Å². The molecule has 8 heteroatoms. The summed E-state index contributed by atoms with van der Waals surface area (Å²) < 4.78 is 23.4. The van der Waals surface area contributed by atoms with Gasteiger partial charge in [0.15, 0.2) is 6.61 Å². The number of amides is 2. The first kappa shape index (κ1) is 22.9. The Balaban J connectivity index is 1.98. The summed E-state index contributed by atoms with van der Waals surface area (Å²) in [5.41, 5.74) is 0.368. The third kappa shape index (κ3) is 6.88. The van der Waals surface area contributed by atoms with E-state index in [-0.39, 0.29) is 5.56 Å². The topological polar surface area (TPSA) is 84.9 Å². The van der Waals surface area contributed by atoms with Crippen molar-refractivity contribution >= 4 is 29.3 Å². The molecule has 1 N–H and O–H groups in total. The van der Waals surface area contributed by atoms with Gasteiger partial charge in [0.05, 0.1) is 5.56 Å². The second kappa shape index (κ2) is 9.87. The second-order valence-electron chi connectivity index (χ2n) is 7.40. The molecule has 0 radical (unpaired) electrons. The van der Waals surface area contributed by atoms with Crippen molar-refractivity contribution in [2.45, 2.75) is 33.3 Å².